The fourth-order valence-electron chi connectivity index (χ4n) is 3.24. The quantitative estimate of drug-likeness (QED) is 0.491. The Balaban J connectivity index is 1.70. The van der Waals surface area contributed by atoms with Crippen LogP contribution in [0.2, 0.25) is 0 Å². The summed E-state index contributed by atoms with van der Waals surface area (Å²) in [6.45, 7) is 0.719. The molecule has 0 aliphatic carbocycles. The molecular weight excluding hydrogens is 516 g/mol. The summed E-state index contributed by atoms with van der Waals surface area (Å²) in [5.41, 5.74) is 3.70. The smallest absolute Gasteiger partial charge is 0.258 e. The van der Waals surface area contributed by atoms with Gasteiger partial charge >= 0.3 is 0 Å². The molecule has 0 bridgehead atoms. The number of amides is 1. The number of carbonyl (C=O) groups excluding carboxylic acids is 2. The number of rotatable bonds is 4. The van der Waals surface area contributed by atoms with Gasteiger partial charge < -0.3 is 19.5 Å². The van der Waals surface area contributed by atoms with Crippen LogP contribution in [0.5, 0.6) is 11.6 Å². The first-order chi connectivity index (χ1) is 14.5. The van der Waals surface area contributed by atoms with Crippen LogP contribution in [0.1, 0.15) is 15.9 Å². The summed E-state index contributed by atoms with van der Waals surface area (Å²) in [6, 6.07) is 12.7. The van der Waals surface area contributed by atoms with Gasteiger partial charge in [0.1, 0.15) is 24.3 Å². The number of hydrogen-bond acceptors (Lipinski definition) is 5. The van der Waals surface area contributed by atoms with Gasteiger partial charge in [0.25, 0.3) is 5.91 Å². The summed E-state index contributed by atoms with van der Waals surface area (Å²) in [5, 5.41) is 9.93. The number of aromatic hydroxyl groups is 1. The number of nitrogens with zero attached hydrogens (tertiary/aromatic N) is 2. The lowest BCUT2D eigenvalue weighted by molar-refractivity contribution is -0.107. The van der Waals surface area contributed by atoms with E-state index in [0.717, 1.165) is 23.0 Å². The van der Waals surface area contributed by atoms with Crippen LogP contribution in [0, 0.1) is 0 Å². The van der Waals surface area contributed by atoms with E-state index in [1.54, 1.807) is 23.2 Å². The van der Waals surface area contributed by atoms with Gasteiger partial charge in [0, 0.05) is 23.7 Å². The first kappa shape index (κ1) is 20.6. The van der Waals surface area contributed by atoms with Crippen molar-refractivity contribution in [2.24, 2.45) is 0 Å². The molecule has 1 amide bonds. The van der Waals surface area contributed by atoms with Crippen LogP contribution < -0.4 is 9.64 Å². The SMILES string of the molecule is O=CCc1ccc(-c2cnc3c(c2)N(C(=O)c2cc(Br)c(O)c(Br)c2)CCO3)cc1. The maximum Gasteiger partial charge on any atom is 0.258 e. The highest BCUT2D eigenvalue weighted by molar-refractivity contribution is 9.11. The average Bonchev–Trinajstić information content (AvgIpc) is 2.76. The highest BCUT2D eigenvalue weighted by Crippen LogP contribution is 2.37. The molecule has 1 aliphatic rings. The van der Waals surface area contributed by atoms with Gasteiger partial charge in [0.2, 0.25) is 5.88 Å². The number of fused-ring (bicyclic) bond motifs is 1. The van der Waals surface area contributed by atoms with Crippen molar-refractivity contribution in [2.75, 3.05) is 18.1 Å². The minimum absolute atomic E-state index is 0.0379. The van der Waals surface area contributed by atoms with E-state index in [1.807, 2.05) is 30.3 Å². The van der Waals surface area contributed by atoms with Crippen LogP contribution >= 0.6 is 31.9 Å². The largest absolute Gasteiger partial charge is 0.506 e. The molecule has 152 valence electrons. The van der Waals surface area contributed by atoms with Gasteiger partial charge in [-0.15, -0.1) is 0 Å². The number of carbonyl (C=O) groups is 2. The highest BCUT2D eigenvalue weighted by atomic mass is 79.9. The van der Waals surface area contributed by atoms with E-state index in [2.05, 4.69) is 36.8 Å². The zero-order valence-corrected chi connectivity index (χ0v) is 18.8. The molecule has 0 saturated carbocycles. The molecule has 0 spiro atoms. The summed E-state index contributed by atoms with van der Waals surface area (Å²) in [4.78, 5) is 29.9. The monoisotopic (exact) mass is 530 g/mol. The van der Waals surface area contributed by atoms with E-state index >= 15 is 0 Å². The minimum atomic E-state index is -0.221. The topological polar surface area (TPSA) is 79.7 Å². The second kappa shape index (κ2) is 8.57. The molecular formula is C22H16Br2N2O4. The second-order valence-electron chi connectivity index (χ2n) is 6.71. The molecule has 0 atom stereocenters. The van der Waals surface area contributed by atoms with Crippen molar-refractivity contribution in [3.05, 3.63) is 68.7 Å². The van der Waals surface area contributed by atoms with E-state index in [0.29, 0.717) is 45.6 Å². The second-order valence-corrected chi connectivity index (χ2v) is 8.42. The third kappa shape index (κ3) is 3.97. The lowest BCUT2D eigenvalue weighted by atomic mass is 10.0. The summed E-state index contributed by atoms with van der Waals surface area (Å²) in [6.07, 6.45) is 2.95. The zero-order valence-electron chi connectivity index (χ0n) is 15.6. The van der Waals surface area contributed by atoms with E-state index in [1.165, 1.54) is 0 Å². The van der Waals surface area contributed by atoms with Crippen LogP contribution in [0.3, 0.4) is 0 Å². The lowest BCUT2D eigenvalue weighted by Gasteiger charge is -2.29. The fourth-order valence-corrected chi connectivity index (χ4v) is 4.43. The molecule has 2 heterocycles. The van der Waals surface area contributed by atoms with Gasteiger partial charge in [0.05, 0.1) is 15.5 Å². The Kier molecular flexibility index (Phi) is 5.87. The van der Waals surface area contributed by atoms with Crippen LogP contribution in [0.4, 0.5) is 5.69 Å². The number of pyridine rings is 1. The Labute approximate surface area is 189 Å². The molecule has 4 rings (SSSR count). The Bertz CT molecular complexity index is 1110. The molecule has 8 heteroatoms. The van der Waals surface area contributed by atoms with Crippen LogP contribution in [-0.4, -0.2) is 35.4 Å². The number of halogens is 2. The summed E-state index contributed by atoms with van der Waals surface area (Å²) in [7, 11) is 0. The first-order valence-corrected chi connectivity index (χ1v) is 10.7. The van der Waals surface area contributed by atoms with Crippen molar-refractivity contribution in [2.45, 2.75) is 6.42 Å². The van der Waals surface area contributed by atoms with Gasteiger partial charge in [-0.2, -0.15) is 0 Å². The molecule has 0 saturated heterocycles. The third-order valence-corrected chi connectivity index (χ3v) is 6.00. The Hall–Kier alpha value is -2.71. The van der Waals surface area contributed by atoms with Crippen LogP contribution in [0.25, 0.3) is 11.1 Å². The molecule has 0 radical (unpaired) electrons. The number of hydrogen-bond donors (Lipinski definition) is 1. The van der Waals surface area contributed by atoms with Crippen LogP contribution in [-0.2, 0) is 11.2 Å². The number of ether oxygens (including phenoxy) is 1. The summed E-state index contributed by atoms with van der Waals surface area (Å²) >= 11 is 6.54. The van der Waals surface area contributed by atoms with E-state index in [9.17, 15) is 14.7 Å². The number of phenols is 1. The maximum atomic E-state index is 13.2. The fraction of sp³-hybridized carbons (Fsp3) is 0.136. The van der Waals surface area contributed by atoms with E-state index in [4.69, 9.17) is 4.74 Å². The van der Waals surface area contributed by atoms with Crippen molar-refractivity contribution < 1.29 is 19.4 Å². The van der Waals surface area contributed by atoms with Crippen molar-refractivity contribution in [3.63, 3.8) is 0 Å². The third-order valence-electron chi connectivity index (χ3n) is 4.79. The van der Waals surface area contributed by atoms with Gasteiger partial charge in [-0.3, -0.25) is 4.79 Å². The van der Waals surface area contributed by atoms with Crippen molar-refractivity contribution in [1.82, 2.24) is 4.98 Å². The van der Waals surface area contributed by atoms with Gasteiger partial charge in [0.15, 0.2) is 0 Å². The predicted octanol–water partition coefficient (Wildman–Crippen LogP) is 4.76. The molecule has 6 nitrogen and oxygen atoms in total. The zero-order chi connectivity index (χ0) is 21.3. The van der Waals surface area contributed by atoms with Gasteiger partial charge in [-0.1, -0.05) is 24.3 Å². The van der Waals surface area contributed by atoms with Gasteiger partial charge in [-0.25, -0.2) is 4.98 Å². The Morgan fingerprint density at radius 2 is 1.83 bits per heavy atom. The van der Waals surface area contributed by atoms with Crippen molar-refractivity contribution in [3.8, 4) is 22.8 Å². The van der Waals surface area contributed by atoms with E-state index < -0.39 is 0 Å². The van der Waals surface area contributed by atoms with Crippen LogP contribution in [0.15, 0.2) is 57.6 Å². The summed E-state index contributed by atoms with van der Waals surface area (Å²) in [5.74, 6) is 0.213. The normalized spacial score (nSPS) is 12.8. The Morgan fingerprint density at radius 3 is 2.50 bits per heavy atom. The predicted molar refractivity (Wildman–Crippen MR) is 120 cm³/mol. The first-order valence-electron chi connectivity index (χ1n) is 9.13. The van der Waals surface area contributed by atoms with Crippen molar-refractivity contribution >= 4 is 49.7 Å². The lowest BCUT2D eigenvalue weighted by Crippen LogP contribution is -2.38. The maximum absolute atomic E-state index is 13.2. The van der Waals surface area contributed by atoms with Crippen molar-refractivity contribution in [1.29, 1.82) is 0 Å². The Morgan fingerprint density at radius 1 is 1.13 bits per heavy atom. The molecule has 0 fully saturated rings. The number of aldehydes is 1. The van der Waals surface area contributed by atoms with Gasteiger partial charge in [-0.05, 0) is 61.2 Å². The highest BCUT2D eigenvalue weighted by Gasteiger charge is 2.27. The molecule has 30 heavy (non-hydrogen) atoms. The standard InChI is InChI=1S/C22H16Br2N2O4/c23-17-9-15(10-18(24)20(17)28)22(29)26-6-8-30-21-19(26)11-16(12-25-21)14-3-1-13(2-4-14)5-7-27/h1-4,7,9-12,28H,5-6,8H2. The number of phenolic OH excluding ortho intramolecular Hbond substituents is 1. The number of aromatic nitrogens is 1. The number of benzene rings is 2. The molecule has 3 aromatic rings. The van der Waals surface area contributed by atoms with E-state index in [-0.39, 0.29) is 11.7 Å². The average molecular weight is 532 g/mol. The molecule has 1 N–H and O–H groups in total. The molecule has 2 aromatic carbocycles. The minimum Gasteiger partial charge on any atom is -0.506 e. The molecule has 0 unspecified atom stereocenters. The molecule has 1 aliphatic heterocycles. The summed E-state index contributed by atoms with van der Waals surface area (Å²) < 4.78 is 6.50. The molecule has 1 aromatic heterocycles. The number of anilines is 1.